The normalized spacial score (nSPS) is 13.8. The summed E-state index contributed by atoms with van der Waals surface area (Å²) in [6, 6.07) is 0. The first-order valence-corrected chi connectivity index (χ1v) is 8.70. The lowest BCUT2D eigenvalue weighted by atomic mass is 10.2. The zero-order valence-corrected chi connectivity index (χ0v) is 14.4. The van der Waals surface area contributed by atoms with Crippen LogP contribution in [0, 0.1) is 0 Å². The molecular weight excluding hydrogens is 288 g/mol. The predicted molar refractivity (Wildman–Crippen MR) is 97.4 cm³/mol. The fourth-order valence-corrected chi connectivity index (χ4v) is 1.95. The van der Waals surface area contributed by atoms with Crippen LogP contribution in [0.3, 0.4) is 0 Å². The Kier molecular flexibility index (Phi) is 15.6. The maximum absolute atomic E-state index is 10.3. The minimum absolute atomic E-state index is 0.203. The second-order valence-electron chi connectivity index (χ2n) is 5.58. The summed E-state index contributed by atoms with van der Waals surface area (Å²) in [5, 5.41) is 18.2. The quantitative estimate of drug-likeness (QED) is 0.263. The molecule has 1 atom stereocenters. The highest BCUT2D eigenvalue weighted by Crippen LogP contribution is 2.02. The molecule has 0 amide bonds. The number of allylic oxidation sites excluding steroid dienone is 6. The van der Waals surface area contributed by atoms with Crippen LogP contribution in [0.4, 0.5) is 0 Å². The first-order valence-electron chi connectivity index (χ1n) is 8.70. The summed E-state index contributed by atoms with van der Waals surface area (Å²) in [6.45, 7) is 2.21. The maximum atomic E-state index is 10.3. The van der Waals surface area contributed by atoms with Gasteiger partial charge in [0, 0.05) is 6.42 Å². The van der Waals surface area contributed by atoms with Gasteiger partial charge in [-0.25, -0.2) is 0 Å². The van der Waals surface area contributed by atoms with Gasteiger partial charge in [0.15, 0.2) is 0 Å². The summed E-state index contributed by atoms with van der Waals surface area (Å²) in [4.78, 5) is 10.3. The van der Waals surface area contributed by atoms with Crippen molar-refractivity contribution in [2.24, 2.45) is 0 Å². The third kappa shape index (κ3) is 18.3. The molecule has 1 unspecified atom stereocenters. The molecular formula is C20H32O3. The molecule has 0 spiro atoms. The number of carboxylic acids is 1. The van der Waals surface area contributed by atoms with Crippen molar-refractivity contribution in [2.45, 2.75) is 70.8 Å². The van der Waals surface area contributed by atoms with Gasteiger partial charge < -0.3 is 10.2 Å². The lowest BCUT2D eigenvalue weighted by Gasteiger charge is -1.98. The van der Waals surface area contributed by atoms with E-state index in [0.29, 0.717) is 12.8 Å². The largest absolute Gasteiger partial charge is 0.481 e. The standard InChI is InChI=1S/C20H32O3/c1-2-3-4-5-6-7-8-10-13-16-19(21)17-14-11-9-12-15-18-20(22)23/h6-7,9-11,13-14,17,19,21H,2-5,8,12,15-16,18H2,1H3,(H,22,23)/b7-6+,11-9+,13-10+,17-14+. The van der Waals surface area contributed by atoms with E-state index in [0.717, 1.165) is 19.3 Å². The summed E-state index contributed by atoms with van der Waals surface area (Å²) in [7, 11) is 0. The summed E-state index contributed by atoms with van der Waals surface area (Å²) in [5.41, 5.74) is 0. The molecule has 0 saturated carbocycles. The highest BCUT2D eigenvalue weighted by molar-refractivity contribution is 5.66. The third-order valence-electron chi connectivity index (χ3n) is 3.30. The van der Waals surface area contributed by atoms with Crippen molar-refractivity contribution in [3.05, 3.63) is 48.6 Å². The van der Waals surface area contributed by atoms with E-state index in [1.165, 1.54) is 19.3 Å². The number of hydrogen-bond acceptors (Lipinski definition) is 2. The maximum Gasteiger partial charge on any atom is 0.303 e. The Morgan fingerprint density at radius 2 is 1.70 bits per heavy atom. The monoisotopic (exact) mass is 320 g/mol. The van der Waals surface area contributed by atoms with Crippen molar-refractivity contribution in [2.75, 3.05) is 0 Å². The molecule has 23 heavy (non-hydrogen) atoms. The van der Waals surface area contributed by atoms with Crippen molar-refractivity contribution in [3.8, 4) is 0 Å². The van der Waals surface area contributed by atoms with E-state index in [2.05, 4.69) is 25.2 Å². The zero-order valence-electron chi connectivity index (χ0n) is 14.4. The molecule has 3 heteroatoms. The van der Waals surface area contributed by atoms with E-state index in [4.69, 9.17) is 5.11 Å². The number of aliphatic hydroxyl groups is 1. The minimum atomic E-state index is -0.757. The van der Waals surface area contributed by atoms with E-state index in [1.807, 2.05) is 24.3 Å². The Bertz CT molecular complexity index is 392. The van der Waals surface area contributed by atoms with Gasteiger partial charge >= 0.3 is 5.97 Å². The number of aliphatic carboxylic acids is 1. The predicted octanol–water partition coefficient (Wildman–Crippen LogP) is 5.19. The van der Waals surface area contributed by atoms with Crippen LogP contribution in [0.25, 0.3) is 0 Å². The van der Waals surface area contributed by atoms with Gasteiger partial charge in [-0.3, -0.25) is 4.79 Å². The Morgan fingerprint density at radius 1 is 0.957 bits per heavy atom. The number of rotatable bonds is 14. The smallest absolute Gasteiger partial charge is 0.303 e. The van der Waals surface area contributed by atoms with Gasteiger partial charge in [0.1, 0.15) is 0 Å². The number of aliphatic hydroxyl groups excluding tert-OH is 1. The third-order valence-corrected chi connectivity index (χ3v) is 3.30. The molecule has 0 aromatic carbocycles. The van der Waals surface area contributed by atoms with Gasteiger partial charge in [-0.05, 0) is 38.5 Å². The van der Waals surface area contributed by atoms with Crippen LogP contribution in [-0.2, 0) is 4.79 Å². The molecule has 0 saturated heterocycles. The molecule has 0 aliphatic heterocycles. The lowest BCUT2D eigenvalue weighted by molar-refractivity contribution is -0.137. The number of carboxylic acid groups (broad SMARTS) is 1. The zero-order chi connectivity index (χ0) is 17.2. The van der Waals surface area contributed by atoms with E-state index < -0.39 is 12.1 Å². The molecule has 130 valence electrons. The average Bonchev–Trinajstić information content (AvgIpc) is 2.52. The highest BCUT2D eigenvalue weighted by atomic mass is 16.4. The second kappa shape index (κ2) is 16.8. The number of hydrogen-bond donors (Lipinski definition) is 2. The molecule has 0 heterocycles. The van der Waals surface area contributed by atoms with Crippen molar-refractivity contribution in [3.63, 3.8) is 0 Å². The summed E-state index contributed by atoms with van der Waals surface area (Å²) in [6.07, 6.45) is 23.5. The van der Waals surface area contributed by atoms with E-state index in [9.17, 15) is 9.90 Å². The number of carbonyl (C=O) groups is 1. The fourth-order valence-electron chi connectivity index (χ4n) is 1.95. The van der Waals surface area contributed by atoms with Crippen LogP contribution in [0.1, 0.15) is 64.7 Å². The molecule has 0 aliphatic rings. The summed E-state index contributed by atoms with van der Waals surface area (Å²) in [5.74, 6) is -0.757. The van der Waals surface area contributed by atoms with Gasteiger partial charge in [-0.1, -0.05) is 68.4 Å². The van der Waals surface area contributed by atoms with Crippen molar-refractivity contribution in [1.29, 1.82) is 0 Å². The molecule has 0 aromatic heterocycles. The first kappa shape index (κ1) is 21.4. The van der Waals surface area contributed by atoms with Crippen LogP contribution in [-0.4, -0.2) is 22.3 Å². The highest BCUT2D eigenvalue weighted by Gasteiger charge is 1.94. The molecule has 3 nitrogen and oxygen atoms in total. The molecule has 2 N–H and O–H groups in total. The fraction of sp³-hybridized carbons (Fsp3) is 0.550. The topological polar surface area (TPSA) is 57.5 Å². The molecule has 0 rings (SSSR count). The van der Waals surface area contributed by atoms with Gasteiger partial charge in [0.25, 0.3) is 0 Å². The van der Waals surface area contributed by atoms with Gasteiger partial charge in [0.05, 0.1) is 6.10 Å². The molecule has 0 fully saturated rings. The van der Waals surface area contributed by atoms with Crippen LogP contribution >= 0.6 is 0 Å². The Labute approximate surface area is 141 Å². The van der Waals surface area contributed by atoms with Gasteiger partial charge in [-0.15, -0.1) is 0 Å². The van der Waals surface area contributed by atoms with Crippen molar-refractivity contribution in [1.82, 2.24) is 0 Å². The Hall–Kier alpha value is -1.61. The van der Waals surface area contributed by atoms with Crippen LogP contribution in [0.15, 0.2) is 48.6 Å². The average molecular weight is 320 g/mol. The van der Waals surface area contributed by atoms with E-state index in [1.54, 1.807) is 6.08 Å². The van der Waals surface area contributed by atoms with Crippen molar-refractivity contribution < 1.29 is 15.0 Å². The first-order chi connectivity index (χ1) is 11.2. The Balaban J connectivity index is 3.62. The summed E-state index contributed by atoms with van der Waals surface area (Å²) < 4.78 is 0. The molecule has 0 aromatic rings. The Morgan fingerprint density at radius 3 is 2.43 bits per heavy atom. The molecule has 0 bridgehead atoms. The lowest BCUT2D eigenvalue weighted by Crippen LogP contribution is -1.98. The second-order valence-corrected chi connectivity index (χ2v) is 5.58. The SMILES string of the molecule is CCCCC/C=C/C/C=C/CC(O)/C=C/C=C/CCCC(=O)O. The molecule has 0 radical (unpaired) electrons. The van der Waals surface area contributed by atoms with Crippen LogP contribution in [0.5, 0.6) is 0 Å². The van der Waals surface area contributed by atoms with Crippen molar-refractivity contribution >= 4 is 5.97 Å². The van der Waals surface area contributed by atoms with Gasteiger partial charge in [-0.2, -0.15) is 0 Å². The number of unbranched alkanes of at least 4 members (excludes halogenated alkanes) is 4. The van der Waals surface area contributed by atoms with E-state index in [-0.39, 0.29) is 6.42 Å². The van der Waals surface area contributed by atoms with Gasteiger partial charge in [0.2, 0.25) is 0 Å². The minimum Gasteiger partial charge on any atom is -0.481 e. The summed E-state index contributed by atoms with van der Waals surface area (Å²) >= 11 is 0. The molecule has 0 aliphatic carbocycles. The van der Waals surface area contributed by atoms with E-state index >= 15 is 0 Å². The van der Waals surface area contributed by atoms with Crippen LogP contribution < -0.4 is 0 Å². The van der Waals surface area contributed by atoms with Crippen LogP contribution in [0.2, 0.25) is 0 Å².